The van der Waals surface area contributed by atoms with Gasteiger partial charge in [-0.3, -0.25) is 13.7 Å². The summed E-state index contributed by atoms with van der Waals surface area (Å²) in [7, 11) is 0. The molecular weight excluding hydrogens is 743 g/mol. The molecule has 0 saturated carbocycles. The molecule has 0 fully saturated rings. The van der Waals surface area contributed by atoms with Crippen LogP contribution in [0.1, 0.15) is 55.9 Å². The van der Waals surface area contributed by atoms with Gasteiger partial charge in [0.1, 0.15) is 11.3 Å². The lowest BCUT2D eigenvalue weighted by atomic mass is 9.95. The highest BCUT2D eigenvalue weighted by Gasteiger charge is 2.33. The molecule has 0 aliphatic carbocycles. The third-order valence-electron chi connectivity index (χ3n) is 13.1. The standard InChI is InChI=1S/C56H51N5/c1-32-28-34(3)49(35(4)29-32)51-55(57-53-47-22-16-14-20-45(47)38(7)40(9)59(51)53)61(44-26-24-43(25-27-44)42-18-12-11-13-19-42)56-52(50-36(5)30-33(2)31-37(50)6)60-41(10)39(8)46-21-15-17-23-48(46)54(60)58-56/h11-31H,1-10H3. The van der Waals surface area contributed by atoms with Crippen molar-refractivity contribution in [3.05, 3.63) is 183 Å². The van der Waals surface area contributed by atoms with Gasteiger partial charge in [0.2, 0.25) is 0 Å². The maximum Gasteiger partial charge on any atom is 0.166 e. The maximum absolute atomic E-state index is 5.86. The molecule has 0 N–H and O–H groups in total. The van der Waals surface area contributed by atoms with Crippen molar-refractivity contribution >= 4 is 50.2 Å². The average Bonchev–Trinajstić information content (AvgIpc) is 3.82. The lowest BCUT2D eigenvalue weighted by Crippen LogP contribution is -2.14. The Morgan fingerprint density at radius 3 is 1.16 bits per heavy atom. The first kappa shape index (κ1) is 38.2. The SMILES string of the molecule is Cc1cc(C)c(-c2c(N(c3ccc(-c4ccccc4)cc3)c3nc4c5ccccc5c(C)c(C)n4c3-c3c(C)cc(C)cc3C)nc3c4ccccc4c(C)c(C)n23)c(C)c1. The summed E-state index contributed by atoms with van der Waals surface area (Å²) in [6, 6.07) is 46.3. The van der Waals surface area contributed by atoms with Crippen molar-refractivity contribution in [3.8, 4) is 33.6 Å². The topological polar surface area (TPSA) is 37.8 Å². The van der Waals surface area contributed by atoms with Gasteiger partial charge in [-0.1, -0.05) is 126 Å². The van der Waals surface area contributed by atoms with Crippen molar-refractivity contribution in [2.24, 2.45) is 0 Å². The molecule has 0 atom stereocenters. The monoisotopic (exact) mass is 793 g/mol. The largest absolute Gasteiger partial charge is 0.294 e. The molecule has 5 heteroatoms. The molecule has 4 heterocycles. The number of benzene rings is 6. The first-order chi connectivity index (χ1) is 29.4. The lowest BCUT2D eigenvalue weighted by Gasteiger charge is -2.26. The highest BCUT2D eigenvalue weighted by Crippen LogP contribution is 2.49. The summed E-state index contributed by atoms with van der Waals surface area (Å²) < 4.78 is 4.84. The summed E-state index contributed by atoms with van der Waals surface area (Å²) >= 11 is 0. The summed E-state index contributed by atoms with van der Waals surface area (Å²) in [5.74, 6) is 1.68. The van der Waals surface area contributed by atoms with Crippen LogP contribution >= 0.6 is 0 Å². The van der Waals surface area contributed by atoms with Crippen LogP contribution in [0, 0.1) is 69.2 Å². The Morgan fingerprint density at radius 1 is 0.393 bits per heavy atom. The molecular formula is C56H51N5. The quantitative estimate of drug-likeness (QED) is 0.168. The molecule has 0 saturated heterocycles. The van der Waals surface area contributed by atoms with Gasteiger partial charge < -0.3 is 0 Å². The normalized spacial score (nSPS) is 11.8. The molecule has 300 valence electrons. The fraction of sp³-hybridized carbons (Fsp3) is 0.179. The van der Waals surface area contributed by atoms with Crippen LogP contribution in [-0.2, 0) is 0 Å². The summed E-state index contributed by atoms with van der Waals surface area (Å²) in [4.78, 5) is 14.1. The number of imidazole rings is 2. The molecule has 0 amide bonds. The van der Waals surface area contributed by atoms with E-state index in [1.807, 2.05) is 0 Å². The van der Waals surface area contributed by atoms with Gasteiger partial charge in [0.25, 0.3) is 0 Å². The minimum Gasteiger partial charge on any atom is -0.294 e. The zero-order chi connectivity index (χ0) is 42.4. The van der Waals surface area contributed by atoms with Crippen molar-refractivity contribution in [1.82, 2.24) is 18.8 Å². The number of fused-ring (bicyclic) bond motifs is 6. The van der Waals surface area contributed by atoms with E-state index in [0.29, 0.717) is 0 Å². The summed E-state index contributed by atoms with van der Waals surface area (Å²) in [6.07, 6.45) is 0. The Morgan fingerprint density at radius 2 is 0.754 bits per heavy atom. The lowest BCUT2D eigenvalue weighted by molar-refractivity contribution is 1.07. The van der Waals surface area contributed by atoms with Gasteiger partial charge in [-0.15, -0.1) is 0 Å². The second-order valence-electron chi connectivity index (χ2n) is 17.2. The third-order valence-corrected chi connectivity index (χ3v) is 13.1. The number of nitrogens with zero attached hydrogens (tertiary/aromatic N) is 5. The van der Waals surface area contributed by atoms with E-state index in [-0.39, 0.29) is 0 Å². The second-order valence-corrected chi connectivity index (χ2v) is 17.2. The van der Waals surface area contributed by atoms with E-state index in [1.165, 1.54) is 83.4 Å². The summed E-state index contributed by atoms with van der Waals surface area (Å²) in [5, 5.41) is 4.67. The molecule has 10 rings (SSSR count). The number of hydrogen-bond acceptors (Lipinski definition) is 3. The van der Waals surface area contributed by atoms with Crippen molar-refractivity contribution in [3.63, 3.8) is 0 Å². The van der Waals surface area contributed by atoms with Crippen LogP contribution in [0.2, 0.25) is 0 Å². The number of anilines is 3. The molecule has 0 radical (unpaired) electrons. The van der Waals surface area contributed by atoms with Crippen LogP contribution < -0.4 is 4.90 Å². The van der Waals surface area contributed by atoms with E-state index in [4.69, 9.17) is 9.97 Å². The molecule has 0 aliphatic heterocycles. The van der Waals surface area contributed by atoms with E-state index >= 15 is 0 Å². The second kappa shape index (κ2) is 14.3. The maximum atomic E-state index is 5.86. The zero-order valence-electron chi connectivity index (χ0n) is 36.9. The van der Waals surface area contributed by atoms with Gasteiger partial charge in [-0.2, -0.15) is 0 Å². The van der Waals surface area contributed by atoms with Crippen LogP contribution in [0.3, 0.4) is 0 Å². The predicted octanol–water partition coefficient (Wildman–Crippen LogP) is 14.8. The van der Waals surface area contributed by atoms with Crippen molar-refractivity contribution in [2.75, 3.05) is 4.90 Å². The first-order valence-corrected chi connectivity index (χ1v) is 21.4. The van der Waals surface area contributed by atoms with Crippen LogP contribution in [0.5, 0.6) is 0 Å². The Bertz CT molecular complexity index is 3170. The van der Waals surface area contributed by atoms with Crippen LogP contribution in [0.15, 0.2) is 127 Å². The van der Waals surface area contributed by atoms with Gasteiger partial charge in [0, 0.05) is 39.0 Å². The van der Waals surface area contributed by atoms with E-state index < -0.39 is 0 Å². The number of aryl methyl sites for hydroxylation is 10. The van der Waals surface area contributed by atoms with Crippen molar-refractivity contribution in [1.29, 1.82) is 0 Å². The Labute approximate surface area is 358 Å². The smallest absolute Gasteiger partial charge is 0.166 e. The minimum atomic E-state index is 0.840. The van der Waals surface area contributed by atoms with Gasteiger partial charge in [0.15, 0.2) is 11.6 Å². The third kappa shape index (κ3) is 5.89. The number of aromatic nitrogens is 4. The van der Waals surface area contributed by atoms with Crippen LogP contribution in [0.25, 0.3) is 66.5 Å². The molecule has 0 aliphatic rings. The van der Waals surface area contributed by atoms with Gasteiger partial charge in [-0.05, 0) is 137 Å². The molecule has 0 unspecified atom stereocenters. The van der Waals surface area contributed by atoms with E-state index in [1.54, 1.807) is 0 Å². The molecule has 0 bridgehead atoms. The summed E-state index contributed by atoms with van der Waals surface area (Å²) in [6.45, 7) is 22.3. The van der Waals surface area contributed by atoms with Gasteiger partial charge >= 0.3 is 0 Å². The van der Waals surface area contributed by atoms with Crippen LogP contribution in [-0.4, -0.2) is 18.8 Å². The average molecular weight is 794 g/mol. The van der Waals surface area contributed by atoms with Crippen LogP contribution in [0.4, 0.5) is 17.3 Å². The van der Waals surface area contributed by atoms with Crippen molar-refractivity contribution < 1.29 is 0 Å². The minimum absolute atomic E-state index is 0.840. The Balaban J connectivity index is 1.43. The highest BCUT2D eigenvalue weighted by atomic mass is 15.3. The fourth-order valence-electron chi connectivity index (χ4n) is 10.2. The number of rotatable bonds is 6. The molecule has 4 aromatic heterocycles. The van der Waals surface area contributed by atoms with E-state index in [0.717, 1.165) is 56.3 Å². The zero-order valence-corrected chi connectivity index (χ0v) is 36.9. The molecule has 10 aromatic rings. The molecule has 5 nitrogen and oxygen atoms in total. The van der Waals surface area contributed by atoms with E-state index in [9.17, 15) is 0 Å². The van der Waals surface area contributed by atoms with E-state index in [2.05, 4.69) is 210 Å². The fourth-order valence-corrected chi connectivity index (χ4v) is 10.2. The molecule has 61 heavy (non-hydrogen) atoms. The van der Waals surface area contributed by atoms with Gasteiger partial charge in [-0.25, -0.2) is 9.97 Å². The predicted molar refractivity (Wildman–Crippen MR) is 257 cm³/mol. The molecule has 6 aromatic carbocycles. The highest BCUT2D eigenvalue weighted by molar-refractivity contribution is 6.04. The Kier molecular flexibility index (Phi) is 8.99. The first-order valence-electron chi connectivity index (χ1n) is 21.4. The van der Waals surface area contributed by atoms with Gasteiger partial charge in [0.05, 0.1) is 11.4 Å². The number of pyridine rings is 2. The molecule has 0 spiro atoms. The summed E-state index contributed by atoms with van der Waals surface area (Å²) in [5.41, 5.74) is 21.8. The van der Waals surface area contributed by atoms with Crippen molar-refractivity contribution in [2.45, 2.75) is 69.2 Å². The number of hydrogen-bond donors (Lipinski definition) is 0. The Hall–Kier alpha value is -6.98.